The Bertz CT molecular complexity index is 988. The van der Waals surface area contributed by atoms with Crippen molar-refractivity contribution < 1.29 is 18.1 Å². The van der Waals surface area contributed by atoms with Gasteiger partial charge in [0.15, 0.2) is 0 Å². The van der Waals surface area contributed by atoms with Gasteiger partial charge in [0.1, 0.15) is 6.04 Å². The molecule has 8 nitrogen and oxygen atoms in total. The van der Waals surface area contributed by atoms with Gasteiger partial charge in [-0.15, -0.1) is 0 Å². The molecular formula is C18H21N3O5S. The van der Waals surface area contributed by atoms with Gasteiger partial charge in [0.25, 0.3) is 5.69 Å². The van der Waals surface area contributed by atoms with Crippen LogP contribution in [-0.2, 0) is 14.8 Å². The van der Waals surface area contributed by atoms with Crippen LogP contribution < -0.4 is 9.62 Å². The summed E-state index contributed by atoms with van der Waals surface area (Å²) in [5.74, 6) is -0.592. The Kier molecular flexibility index (Phi) is 5.85. The highest BCUT2D eigenvalue weighted by Gasteiger charge is 2.29. The fourth-order valence-electron chi connectivity index (χ4n) is 2.77. The Morgan fingerprint density at radius 1 is 1.19 bits per heavy atom. The maximum atomic E-state index is 12.7. The molecule has 0 aliphatic heterocycles. The van der Waals surface area contributed by atoms with E-state index in [4.69, 9.17) is 0 Å². The van der Waals surface area contributed by atoms with Crippen LogP contribution in [0.5, 0.6) is 0 Å². The number of nitrogens with one attached hydrogen (secondary N) is 1. The van der Waals surface area contributed by atoms with Crippen LogP contribution in [0, 0.1) is 24.0 Å². The van der Waals surface area contributed by atoms with E-state index in [1.165, 1.54) is 32.0 Å². The number of sulfonamides is 1. The van der Waals surface area contributed by atoms with Gasteiger partial charge in [-0.1, -0.05) is 18.2 Å². The van der Waals surface area contributed by atoms with Gasteiger partial charge in [0, 0.05) is 6.07 Å². The van der Waals surface area contributed by atoms with Crippen molar-refractivity contribution >= 4 is 33.0 Å². The van der Waals surface area contributed by atoms with E-state index in [1.807, 2.05) is 13.0 Å². The van der Waals surface area contributed by atoms with E-state index in [2.05, 4.69) is 5.32 Å². The minimum absolute atomic E-state index is 0.126. The lowest BCUT2D eigenvalue weighted by molar-refractivity contribution is -0.385. The second-order valence-corrected chi connectivity index (χ2v) is 8.13. The van der Waals surface area contributed by atoms with E-state index in [-0.39, 0.29) is 11.4 Å². The lowest BCUT2D eigenvalue weighted by atomic mass is 10.1. The van der Waals surface area contributed by atoms with Crippen LogP contribution in [0.3, 0.4) is 0 Å². The summed E-state index contributed by atoms with van der Waals surface area (Å²) in [4.78, 5) is 23.2. The van der Waals surface area contributed by atoms with E-state index in [0.29, 0.717) is 11.3 Å². The molecule has 0 bridgehead atoms. The SMILES string of the molecule is Cc1cccc(N([C@@H](C)C(=O)Nc2cccc([N+](=O)[O-])c2C)S(C)(=O)=O)c1. The molecule has 9 heteroatoms. The minimum Gasteiger partial charge on any atom is -0.324 e. The molecule has 2 aromatic carbocycles. The number of nitrogens with zero attached hydrogens (tertiary/aromatic N) is 2. The van der Waals surface area contributed by atoms with E-state index in [0.717, 1.165) is 16.1 Å². The molecule has 0 radical (unpaired) electrons. The third-order valence-electron chi connectivity index (χ3n) is 4.10. The molecule has 0 saturated carbocycles. The first-order valence-electron chi connectivity index (χ1n) is 8.13. The Balaban J connectivity index is 2.37. The molecule has 0 saturated heterocycles. The van der Waals surface area contributed by atoms with Crippen molar-refractivity contribution in [2.75, 3.05) is 15.9 Å². The number of amides is 1. The van der Waals surface area contributed by atoms with Crippen molar-refractivity contribution in [2.24, 2.45) is 0 Å². The monoisotopic (exact) mass is 391 g/mol. The number of rotatable bonds is 6. The molecule has 27 heavy (non-hydrogen) atoms. The third kappa shape index (κ3) is 4.62. The van der Waals surface area contributed by atoms with Crippen LogP contribution in [0.25, 0.3) is 0 Å². The van der Waals surface area contributed by atoms with Crippen molar-refractivity contribution in [3.05, 3.63) is 63.7 Å². The van der Waals surface area contributed by atoms with E-state index in [1.54, 1.807) is 18.2 Å². The average Bonchev–Trinajstić information content (AvgIpc) is 2.55. The molecule has 0 heterocycles. The quantitative estimate of drug-likeness (QED) is 0.601. The van der Waals surface area contributed by atoms with E-state index >= 15 is 0 Å². The molecule has 0 aromatic heterocycles. The second kappa shape index (κ2) is 7.75. The highest BCUT2D eigenvalue weighted by atomic mass is 32.2. The lowest BCUT2D eigenvalue weighted by Crippen LogP contribution is -2.45. The molecule has 2 rings (SSSR count). The van der Waals surface area contributed by atoms with Crippen molar-refractivity contribution in [3.63, 3.8) is 0 Å². The van der Waals surface area contributed by atoms with Gasteiger partial charge in [0.05, 0.1) is 28.1 Å². The smallest absolute Gasteiger partial charge is 0.274 e. The molecule has 144 valence electrons. The number of anilines is 2. The molecule has 1 N–H and O–H groups in total. The fourth-order valence-corrected chi connectivity index (χ4v) is 3.93. The predicted molar refractivity (Wildman–Crippen MR) is 104 cm³/mol. The molecular weight excluding hydrogens is 370 g/mol. The number of carbonyl (C=O) groups excluding carboxylic acids is 1. The van der Waals surface area contributed by atoms with Crippen molar-refractivity contribution in [3.8, 4) is 0 Å². The van der Waals surface area contributed by atoms with Gasteiger partial charge >= 0.3 is 0 Å². The number of nitro groups is 1. The summed E-state index contributed by atoms with van der Waals surface area (Å²) in [6, 6.07) is 10.1. The van der Waals surface area contributed by atoms with Crippen LogP contribution >= 0.6 is 0 Å². The molecule has 1 amide bonds. The molecule has 0 spiro atoms. The maximum Gasteiger partial charge on any atom is 0.274 e. The van der Waals surface area contributed by atoms with E-state index in [9.17, 15) is 23.3 Å². The van der Waals surface area contributed by atoms with Crippen LogP contribution in [0.2, 0.25) is 0 Å². The number of hydrogen-bond donors (Lipinski definition) is 1. The van der Waals surface area contributed by atoms with Gasteiger partial charge < -0.3 is 5.32 Å². The predicted octanol–water partition coefficient (Wildman–Crippen LogP) is 3.00. The largest absolute Gasteiger partial charge is 0.324 e. The summed E-state index contributed by atoms with van der Waals surface area (Å²) < 4.78 is 25.6. The number of aryl methyl sites for hydroxylation is 1. The number of benzene rings is 2. The zero-order valence-corrected chi connectivity index (χ0v) is 16.3. The van der Waals surface area contributed by atoms with Gasteiger partial charge in [-0.2, -0.15) is 0 Å². The summed E-state index contributed by atoms with van der Waals surface area (Å²) in [5, 5.41) is 13.6. The first-order valence-corrected chi connectivity index (χ1v) is 9.98. The average molecular weight is 391 g/mol. The molecule has 0 aliphatic rings. The molecule has 1 atom stereocenters. The van der Waals surface area contributed by atoms with Crippen LogP contribution in [0.4, 0.5) is 17.1 Å². The Hall–Kier alpha value is -2.94. The summed E-state index contributed by atoms with van der Waals surface area (Å²) in [7, 11) is -3.74. The normalized spacial score (nSPS) is 12.3. The molecule has 0 unspecified atom stereocenters. The highest BCUT2D eigenvalue weighted by Crippen LogP contribution is 2.26. The Labute approximate surface area is 158 Å². The first kappa shape index (κ1) is 20.4. The minimum atomic E-state index is -3.74. The van der Waals surface area contributed by atoms with Gasteiger partial charge in [-0.25, -0.2) is 8.42 Å². The van der Waals surface area contributed by atoms with Gasteiger partial charge in [-0.3, -0.25) is 19.2 Å². The fraction of sp³-hybridized carbons (Fsp3) is 0.278. The van der Waals surface area contributed by atoms with Crippen molar-refractivity contribution in [2.45, 2.75) is 26.8 Å². The third-order valence-corrected chi connectivity index (χ3v) is 5.35. The maximum absolute atomic E-state index is 12.7. The second-order valence-electron chi connectivity index (χ2n) is 6.27. The zero-order valence-electron chi connectivity index (χ0n) is 15.5. The van der Waals surface area contributed by atoms with Crippen LogP contribution in [-0.4, -0.2) is 31.5 Å². The standard InChI is InChI=1S/C18H21N3O5S/c1-12-7-5-8-15(11-12)20(27(4,25)26)14(3)18(22)19-16-9-6-10-17(13(16)2)21(23)24/h5-11,14H,1-4H3,(H,19,22)/t14-/m0/s1. The summed E-state index contributed by atoms with van der Waals surface area (Å²) in [6.07, 6.45) is 1.03. The molecule has 2 aromatic rings. The van der Waals surface area contributed by atoms with Crippen molar-refractivity contribution in [1.29, 1.82) is 0 Å². The van der Waals surface area contributed by atoms with Gasteiger partial charge in [-0.05, 0) is 44.5 Å². The Morgan fingerprint density at radius 2 is 1.81 bits per heavy atom. The van der Waals surface area contributed by atoms with Crippen molar-refractivity contribution in [1.82, 2.24) is 0 Å². The van der Waals surface area contributed by atoms with Crippen LogP contribution in [0.15, 0.2) is 42.5 Å². The zero-order chi connectivity index (χ0) is 20.4. The lowest BCUT2D eigenvalue weighted by Gasteiger charge is -2.28. The van der Waals surface area contributed by atoms with Crippen LogP contribution in [0.1, 0.15) is 18.1 Å². The first-order chi connectivity index (χ1) is 12.5. The summed E-state index contributed by atoms with van der Waals surface area (Å²) in [6.45, 7) is 4.81. The number of nitro benzene ring substituents is 1. The topological polar surface area (TPSA) is 110 Å². The number of carbonyl (C=O) groups is 1. The Morgan fingerprint density at radius 3 is 2.37 bits per heavy atom. The summed E-state index contributed by atoms with van der Waals surface area (Å²) in [5.41, 5.74) is 1.65. The molecule has 0 fully saturated rings. The summed E-state index contributed by atoms with van der Waals surface area (Å²) >= 11 is 0. The van der Waals surface area contributed by atoms with E-state index < -0.39 is 26.9 Å². The van der Waals surface area contributed by atoms with Gasteiger partial charge in [0.2, 0.25) is 15.9 Å². The number of hydrogen-bond acceptors (Lipinski definition) is 5. The molecule has 0 aliphatic carbocycles. The highest BCUT2D eigenvalue weighted by molar-refractivity contribution is 7.92.